The lowest BCUT2D eigenvalue weighted by Crippen LogP contribution is -2.53. The largest absolute Gasteiger partial charge is 0.492 e. The molecule has 3 amide bonds. The summed E-state index contributed by atoms with van der Waals surface area (Å²) in [6, 6.07) is 10.5. The van der Waals surface area contributed by atoms with Gasteiger partial charge in [-0.2, -0.15) is 0 Å². The second-order valence-corrected chi connectivity index (χ2v) is 6.66. The minimum absolute atomic E-state index is 0.0778. The van der Waals surface area contributed by atoms with Crippen molar-refractivity contribution in [2.45, 2.75) is 13.8 Å². The number of carbonyl (C=O) groups is 3. The molecular weight excluding hydrogens is 374 g/mol. The topological polar surface area (TPSA) is 83.3 Å². The first-order valence-corrected chi connectivity index (χ1v) is 9.61. The van der Waals surface area contributed by atoms with Gasteiger partial charge >= 0.3 is 0 Å². The number of anilines is 1. The summed E-state index contributed by atoms with van der Waals surface area (Å²) < 4.78 is 10.8. The molecule has 0 bridgehead atoms. The van der Waals surface area contributed by atoms with Crippen LogP contribution < -0.4 is 9.64 Å². The molecule has 2 aromatic rings. The Morgan fingerprint density at radius 1 is 1.03 bits per heavy atom. The predicted octanol–water partition coefficient (Wildman–Crippen LogP) is 2.02. The maximum absolute atomic E-state index is 12.8. The average molecular weight is 399 g/mol. The van der Waals surface area contributed by atoms with Crippen molar-refractivity contribution in [2.24, 2.45) is 0 Å². The highest BCUT2D eigenvalue weighted by atomic mass is 16.5. The molecule has 154 valence electrons. The molecule has 8 nitrogen and oxygen atoms in total. The van der Waals surface area contributed by atoms with E-state index in [4.69, 9.17) is 9.15 Å². The second kappa shape index (κ2) is 9.27. The van der Waals surface area contributed by atoms with Crippen LogP contribution in [-0.4, -0.2) is 66.9 Å². The molecule has 0 saturated carbocycles. The summed E-state index contributed by atoms with van der Waals surface area (Å²) >= 11 is 0. The van der Waals surface area contributed by atoms with Gasteiger partial charge in [0.15, 0.2) is 5.76 Å². The summed E-state index contributed by atoms with van der Waals surface area (Å²) in [7, 11) is 0. The number of hydrogen-bond donors (Lipinski definition) is 0. The second-order valence-electron chi connectivity index (χ2n) is 6.66. The van der Waals surface area contributed by atoms with Gasteiger partial charge in [-0.25, -0.2) is 0 Å². The zero-order chi connectivity index (χ0) is 20.8. The zero-order valence-corrected chi connectivity index (χ0v) is 16.7. The van der Waals surface area contributed by atoms with Crippen LogP contribution in [0.5, 0.6) is 5.75 Å². The van der Waals surface area contributed by atoms with E-state index in [1.807, 2.05) is 13.0 Å². The summed E-state index contributed by atoms with van der Waals surface area (Å²) in [6.45, 7) is 5.32. The summed E-state index contributed by atoms with van der Waals surface area (Å²) in [6.07, 6.45) is 1.46. The van der Waals surface area contributed by atoms with Crippen LogP contribution in [0.2, 0.25) is 0 Å². The van der Waals surface area contributed by atoms with Crippen molar-refractivity contribution < 1.29 is 23.5 Å². The van der Waals surface area contributed by atoms with Crippen LogP contribution >= 0.6 is 0 Å². The molecule has 1 aromatic heterocycles. The molecule has 0 unspecified atom stereocenters. The molecule has 0 spiro atoms. The van der Waals surface area contributed by atoms with Crippen LogP contribution in [0.4, 0.5) is 5.69 Å². The monoisotopic (exact) mass is 399 g/mol. The van der Waals surface area contributed by atoms with Crippen molar-refractivity contribution in [3.63, 3.8) is 0 Å². The normalized spacial score (nSPS) is 13.9. The van der Waals surface area contributed by atoms with E-state index in [-0.39, 0.29) is 24.3 Å². The number of furan rings is 1. The number of piperazine rings is 1. The summed E-state index contributed by atoms with van der Waals surface area (Å²) in [5, 5.41) is 0. The third-order valence-electron chi connectivity index (χ3n) is 4.78. The predicted molar refractivity (Wildman–Crippen MR) is 107 cm³/mol. The number of nitrogens with zero attached hydrogens (tertiary/aromatic N) is 3. The Morgan fingerprint density at radius 2 is 1.72 bits per heavy atom. The first-order chi connectivity index (χ1) is 14.0. The summed E-state index contributed by atoms with van der Waals surface area (Å²) in [4.78, 5) is 42.2. The number of benzene rings is 1. The van der Waals surface area contributed by atoms with Crippen molar-refractivity contribution in [1.82, 2.24) is 9.80 Å². The van der Waals surface area contributed by atoms with Crippen LogP contribution in [0.1, 0.15) is 24.4 Å². The van der Waals surface area contributed by atoms with Gasteiger partial charge in [-0.05, 0) is 31.2 Å². The van der Waals surface area contributed by atoms with Crippen molar-refractivity contribution in [3.05, 3.63) is 48.4 Å². The fraction of sp³-hybridized carbons (Fsp3) is 0.381. The van der Waals surface area contributed by atoms with E-state index >= 15 is 0 Å². The molecule has 1 aliphatic rings. The number of para-hydroxylation sites is 2. The maximum atomic E-state index is 12.8. The van der Waals surface area contributed by atoms with Crippen LogP contribution in [0, 0.1) is 0 Å². The number of carbonyl (C=O) groups excluding carboxylic acids is 3. The highest BCUT2D eigenvalue weighted by Crippen LogP contribution is 2.28. The lowest BCUT2D eigenvalue weighted by molar-refractivity contribution is -0.132. The third-order valence-corrected chi connectivity index (χ3v) is 4.78. The number of hydrogen-bond acceptors (Lipinski definition) is 5. The van der Waals surface area contributed by atoms with Crippen LogP contribution in [0.15, 0.2) is 47.1 Å². The molecule has 1 saturated heterocycles. The molecule has 1 aliphatic heterocycles. The van der Waals surface area contributed by atoms with Crippen LogP contribution in [0.25, 0.3) is 0 Å². The lowest BCUT2D eigenvalue weighted by atomic mass is 10.2. The summed E-state index contributed by atoms with van der Waals surface area (Å²) in [5.74, 6) is 0.263. The molecule has 0 atom stereocenters. The van der Waals surface area contributed by atoms with E-state index in [0.29, 0.717) is 50.0 Å². The molecule has 29 heavy (non-hydrogen) atoms. The van der Waals surface area contributed by atoms with Crippen molar-refractivity contribution in [3.8, 4) is 5.75 Å². The van der Waals surface area contributed by atoms with Gasteiger partial charge in [0.1, 0.15) is 12.3 Å². The Balaban J connectivity index is 1.63. The lowest BCUT2D eigenvalue weighted by Gasteiger charge is -2.35. The molecule has 8 heteroatoms. The number of ether oxygens (including phenoxy) is 1. The SMILES string of the molecule is CCOc1ccccc1N(CC(=O)N1CCN(C(=O)c2ccco2)CC1)C(C)=O. The molecule has 3 rings (SSSR count). The standard InChI is InChI=1S/C21H25N3O5/c1-3-28-18-8-5-4-7-17(18)24(16(2)25)15-20(26)22-10-12-23(13-11-22)21(27)19-9-6-14-29-19/h4-9,14H,3,10-13,15H2,1-2H3. The Bertz CT molecular complexity index is 857. The molecule has 0 N–H and O–H groups in total. The smallest absolute Gasteiger partial charge is 0.289 e. The van der Waals surface area contributed by atoms with Crippen LogP contribution in [0.3, 0.4) is 0 Å². The minimum Gasteiger partial charge on any atom is -0.492 e. The minimum atomic E-state index is -0.239. The molecule has 0 aliphatic carbocycles. The Hall–Kier alpha value is -3.29. The molecule has 2 heterocycles. The van der Waals surface area contributed by atoms with E-state index in [0.717, 1.165) is 0 Å². The molecule has 0 radical (unpaired) electrons. The van der Waals surface area contributed by atoms with Crippen molar-refractivity contribution in [1.29, 1.82) is 0 Å². The van der Waals surface area contributed by atoms with Gasteiger partial charge in [0, 0.05) is 33.1 Å². The fourth-order valence-corrected chi connectivity index (χ4v) is 3.27. The highest BCUT2D eigenvalue weighted by molar-refractivity contribution is 5.98. The Kier molecular flexibility index (Phi) is 6.54. The van der Waals surface area contributed by atoms with Crippen molar-refractivity contribution in [2.75, 3.05) is 44.2 Å². The first-order valence-electron chi connectivity index (χ1n) is 9.61. The zero-order valence-electron chi connectivity index (χ0n) is 16.7. The Morgan fingerprint density at radius 3 is 2.34 bits per heavy atom. The van der Waals surface area contributed by atoms with Gasteiger partial charge in [-0.3, -0.25) is 19.3 Å². The molecule has 1 aromatic carbocycles. The van der Waals surface area contributed by atoms with Gasteiger partial charge in [-0.15, -0.1) is 0 Å². The van der Waals surface area contributed by atoms with Gasteiger partial charge in [0.25, 0.3) is 5.91 Å². The van der Waals surface area contributed by atoms with Gasteiger partial charge in [0.2, 0.25) is 11.8 Å². The van der Waals surface area contributed by atoms with Crippen LogP contribution in [-0.2, 0) is 9.59 Å². The summed E-state index contributed by atoms with van der Waals surface area (Å²) in [5.41, 5.74) is 0.571. The third kappa shape index (κ3) is 4.77. The van der Waals surface area contributed by atoms with E-state index in [9.17, 15) is 14.4 Å². The quantitative estimate of drug-likeness (QED) is 0.742. The van der Waals surface area contributed by atoms with Gasteiger partial charge in [-0.1, -0.05) is 12.1 Å². The fourth-order valence-electron chi connectivity index (χ4n) is 3.27. The van der Waals surface area contributed by atoms with Crippen molar-refractivity contribution >= 4 is 23.4 Å². The van der Waals surface area contributed by atoms with Gasteiger partial charge < -0.3 is 19.0 Å². The maximum Gasteiger partial charge on any atom is 0.289 e. The number of rotatable bonds is 6. The first kappa shape index (κ1) is 20.4. The molecule has 1 fully saturated rings. The average Bonchev–Trinajstić information content (AvgIpc) is 3.27. The van der Waals surface area contributed by atoms with E-state index in [2.05, 4.69) is 0 Å². The van der Waals surface area contributed by atoms with Gasteiger partial charge in [0.05, 0.1) is 18.6 Å². The van der Waals surface area contributed by atoms with E-state index < -0.39 is 0 Å². The highest BCUT2D eigenvalue weighted by Gasteiger charge is 2.28. The van der Waals surface area contributed by atoms with E-state index in [1.165, 1.54) is 18.1 Å². The van der Waals surface area contributed by atoms with E-state index in [1.54, 1.807) is 40.1 Å². The Labute approximate surface area is 169 Å². The number of amides is 3. The molecular formula is C21H25N3O5.